The Morgan fingerprint density at radius 2 is 1.92 bits per heavy atom. The van der Waals surface area contributed by atoms with Gasteiger partial charge in [0.25, 0.3) is 10.0 Å². The van der Waals surface area contributed by atoms with E-state index in [-0.39, 0.29) is 22.8 Å². The number of rotatable bonds is 6. The zero-order chi connectivity index (χ0) is 17.6. The van der Waals surface area contributed by atoms with Gasteiger partial charge in [0.1, 0.15) is 0 Å². The van der Waals surface area contributed by atoms with E-state index in [1.54, 1.807) is 31.2 Å². The van der Waals surface area contributed by atoms with Crippen LogP contribution >= 0.6 is 0 Å². The number of nitrogens with zero attached hydrogens (tertiary/aromatic N) is 1. The molecule has 24 heavy (non-hydrogen) atoms. The average molecular weight is 344 g/mol. The van der Waals surface area contributed by atoms with Gasteiger partial charge in [-0.15, -0.1) is 0 Å². The number of ether oxygens (including phenoxy) is 1. The summed E-state index contributed by atoms with van der Waals surface area (Å²) in [6, 6.07) is 14.1. The number of nitrogens with one attached hydrogen (secondary N) is 1. The van der Waals surface area contributed by atoms with Crippen molar-refractivity contribution in [3.8, 4) is 6.07 Å². The molecule has 2 aromatic rings. The maximum Gasteiger partial charge on any atom is 0.310 e. The van der Waals surface area contributed by atoms with E-state index in [9.17, 15) is 13.2 Å². The summed E-state index contributed by atoms with van der Waals surface area (Å²) in [6.07, 6.45) is 0.130. The standard InChI is InChI=1S/C17H16N2O4S/c1-2-23-17(20)11-13-6-8-15(9-7-13)19-24(21,22)16-5-3-4-14(10-16)12-18/h3-10,19H,2,11H2,1H3. The number of hydrogen-bond donors (Lipinski definition) is 1. The van der Waals surface area contributed by atoms with Crippen molar-refractivity contribution in [2.24, 2.45) is 0 Å². The molecule has 2 aromatic carbocycles. The van der Waals surface area contributed by atoms with E-state index in [1.807, 2.05) is 6.07 Å². The molecule has 0 aromatic heterocycles. The van der Waals surface area contributed by atoms with Crippen LogP contribution < -0.4 is 4.72 Å². The quantitative estimate of drug-likeness (QED) is 0.812. The van der Waals surface area contributed by atoms with Crippen LogP contribution in [0.1, 0.15) is 18.1 Å². The molecule has 0 radical (unpaired) electrons. The second-order valence-electron chi connectivity index (χ2n) is 4.92. The van der Waals surface area contributed by atoms with Crippen LogP contribution in [0, 0.1) is 11.3 Å². The number of nitriles is 1. The molecule has 2 rings (SSSR count). The van der Waals surface area contributed by atoms with Crippen molar-refractivity contribution < 1.29 is 17.9 Å². The normalized spacial score (nSPS) is 10.7. The van der Waals surface area contributed by atoms with Gasteiger partial charge in [-0.2, -0.15) is 5.26 Å². The molecular formula is C17H16N2O4S. The zero-order valence-electron chi connectivity index (χ0n) is 13.0. The predicted molar refractivity (Wildman–Crippen MR) is 88.7 cm³/mol. The van der Waals surface area contributed by atoms with Crippen LogP contribution in [-0.2, 0) is 26.0 Å². The fraction of sp³-hybridized carbons (Fsp3) is 0.176. The van der Waals surface area contributed by atoms with Crippen LogP contribution in [0.15, 0.2) is 53.4 Å². The Balaban J connectivity index is 2.12. The predicted octanol–water partition coefficient (Wildman–Crippen LogP) is 2.46. The van der Waals surface area contributed by atoms with E-state index in [1.165, 1.54) is 24.3 Å². The number of anilines is 1. The van der Waals surface area contributed by atoms with Gasteiger partial charge in [0.2, 0.25) is 0 Å². The van der Waals surface area contributed by atoms with Gasteiger partial charge in [0, 0.05) is 5.69 Å². The molecular weight excluding hydrogens is 328 g/mol. The monoisotopic (exact) mass is 344 g/mol. The summed E-state index contributed by atoms with van der Waals surface area (Å²) >= 11 is 0. The summed E-state index contributed by atoms with van der Waals surface area (Å²) in [6.45, 7) is 2.05. The van der Waals surface area contributed by atoms with Gasteiger partial charge in [-0.25, -0.2) is 8.42 Å². The van der Waals surface area contributed by atoms with E-state index >= 15 is 0 Å². The van der Waals surface area contributed by atoms with E-state index in [4.69, 9.17) is 10.00 Å². The SMILES string of the molecule is CCOC(=O)Cc1ccc(NS(=O)(=O)c2cccc(C#N)c2)cc1. The Bertz CT molecular complexity index is 868. The van der Waals surface area contributed by atoms with Gasteiger partial charge in [-0.3, -0.25) is 9.52 Å². The molecule has 0 saturated carbocycles. The molecule has 0 atom stereocenters. The highest BCUT2D eigenvalue weighted by Crippen LogP contribution is 2.18. The zero-order valence-corrected chi connectivity index (χ0v) is 13.8. The maximum absolute atomic E-state index is 12.3. The number of carbonyl (C=O) groups excluding carboxylic acids is 1. The van der Waals surface area contributed by atoms with Gasteiger partial charge in [0.15, 0.2) is 0 Å². The van der Waals surface area contributed by atoms with Crippen LogP contribution in [0.2, 0.25) is 0 Å². The van der Waals surface area contributed by atoms with E-state index in [0.717, 1.165) is 5.56 Å². The van der Waals surface area contributed by atoms with Gasteiger partial charge < -0.3 is 4.74 Å². The lowest BCUT2D eigenvalue weighted by Gasteiger charge is -2.09. The Hall–Kier alpha value is -2.85. The van der Waals surface area contributed by atoms with Gasteiger partial charge in [0.05, 0.1) is 29.6 Å². The molecule has 0 aliphatic carbocycles. The number of hydrogen-bond acceptors (Lipinski definition) is 5. The van der Waals surface area contributed by atoms with Crippen molar-refractivity contribution in [1.82, 2.24) is 0 Å². The molecule has 0 aliphatic heterocycles. The molecule has 0 unspecified atom stereocenters. The second kappa shape index (κ2) is 7.62. The molecule has 1 N–H and O–H groups in total. The summed E-state index contributed by atoms with van der Waals surface area (Å²) in [5.74, 6) is -0.334. The minimum absolute atomic E-state index is 0.0113. The third kappa shape index (κ3) is 4.57. The summed E-state index contributed by atoms with van der Waals surface area (Å²) in [7, 11) is -3.78. The molecule has 0 fully saturated rings. The first kappa shape index (κ1) is 17.5. The molecule has 124 valence electrons. The molecule has 6 nitrogen and oxygen atoms in total. The summed E-state index contributed by atoms with van der Waals surface area (Å²) in [5, 5.41) is 8.86. The number of sulfonamides is 1. The third-order valence-electron chi connectivity index (χ3n) is 3.13. The summed E-state index contributed by atoms with van der Waals surface area (Å²) in [5.41, 5.74) is 1.36. The molecule has 0 saturated heterocycles. The van der Waals surface area contributed by atoms with Crippen molar-refractivity contribution in [1.29, 1.82) is 5.26 Å². The molecule has 0 amide bonds. The number of carbonyl (C=O) groups is 1. The maximum atomic E-state index is 12.3. The fourth-order valence-electron chi connectivity index (χ4n) is 2.02. The van der Waals surface area contributed by atoms with Crippen LogP contribution in [0.5, 0.6) is 0 Å². The lowest BCUT2D eigenvalue weighted by atomic mass is 10.1. The molecule has 0 spiro atoms. The minimum Gasteiger partial charge on any atom is -0.466 e. The van der Waals surface area contributed by atoms with Crippen LogP contribution in [0.25, 0.3) is 0 Å². The first-order valence-electron chi connectivity index (χ1n) is 7.22. The Morgan fingerprint density at radius 1 is 1.21 bits per heavy atom. The topological polar surface area (TPSA) is 96.3 Å². The van der Waals surface area contributed by atoms with Crippen molar-refractivity contribution in [3.05, 3.63) is 59.7 Å². The molecule has 0 heterocycles. The third-order valence-corrected chi connectivity index (χ3v) is 4.51. The second-order valence-corrected chi connectivity index (χ2v) is 6.61. The Labute approximate surface area is 140 Å². The van der Waals surface area contributed by atoms with Crippen LogP contribution in [-0.4, -0.2) is 21.0 Å². The first-order chi connectivity index (χ1) is 11.4. The lowest BCUT2D eigenvalue weighted by Crippen LogP contribution is -2.13. The van der Waals surface area contributed by atoms with E-state index in [0.29, 0.717) is 12.3 Å². The van der Waals surface area contributed by atoms with Gasteiger partial charge >= 0.3 is 5.97 Å². The highest BCUT2D eigenvalue weighted by Gasteiger charge is 2.14. The average Bonchev–Trinajstić information content (AvgIpc) is 2.57. The van der Waals surface area contributed by atoms with Gasteiger partial charge in [-0.1, -0.05) is 18.2 Å². The highest BCUT2D eigenvalue weighted by atomic mass is 32.2. The van der Waals surface area contributed by atoms with Crippen molar-refractivity contribution in [3.63, 3.8) is 0 Å². The lowest BCUT2D eigenvalue weighted by molar-refractivity contribution is -0.142. The first-order valence-corrected chi connectivity index (χ1v) is 8.70. The van der Waals surface area contributed by atoms with Crippen molar-refractivity contribution >= 4 is 21.7 Å². The number of esters is 1. The fourth-order valence-corrected chi connectivity index (χ4v) is 3.12. The number of benzene rings is 2. The summed E-state index contributed by atoms with van der Waals surface area (Å²) < 4.78 is 31.9. The summed E-state index contributed by atoms with van der Waals surface area (Å²) in [4.78, 5) is 11.4. The molecule has 0 aliphatic rings. The Morgan fingerprint density at radius 3 is 2.54 bits per heavy atom. The Kier molecular flexibility index (Phi) is 5.55. The van der Waals surface area contributed by atoms with Crippen molar-refractivity contribution in [2.75, 3.05) is 11.3 Å². The largest absolute Gasteiger partial charge is 0.466 e. The molecule has 0 bridgehead atoms. The van der Waals surface area contributed by atoms with Crippen LogP contribution in [0.4, 0.5) is 5.69 Å². The van der Waals surface area contributed by atoms with Crippen molar-refractivity contribution in [2.45, 2.75) is 18.2 Å². The van der Waals surface area contributed by atoms with Gasteiger partial charge in [-0.05, 0) is 42.8 Å². The smallest absolute Gasteiger partial charge is 0.310 e. The van der Waals surface area contributed by atoms with E-state index < -0.39 is 10.0 Å². The van der Waals surface area contributed by atoms with Crippen LogP contribution in [0.3, 0.4) is 0 Å². The molecule has 7 heteroatoms. The highest BCUT2D eigenvalue weighted by molar-refractivity contribution is 7.92. The van der Waals surface area contributed by atoms with E-state index in [2.05, 4.69) is 4.72 Å². The minimum atomic E-state index is -3.78.